The highest BCUT2D eigenvalue weighted by Gasteiger charge is 2.21. The van der Waals surface area contributed by atoms with Gasteiger partial charge >= 0.3 is 0 Å². The lowest BCUT2D eigenvalue weighted by molar-refractivity contribution is 0.102. The lowest BCUT2D eigenvalue weighted by Crippen LogP contribution is -2.19. The molecule has 0 aliphatic heterocycles. The molecule has 1 aromatic heterocycles. The van der Waals surface area contributed by atoms with Gasteiger partial charge in [-0.05, 0) is 60.7 Å². The number of hydrogen-bond acceptors (Lipinski definition) is 3. The molecule has 0 fully saturated rings. The number of hydrogen-bond donors (Lipinski definition) is 2. The number of amides is 2. The van der Waals surface area contributed by atoms with Gasteiger partial charge in [-0.3, -0.25) is 9.59 Å². The number of carbonyl (C=O) groups excluding carboxylic acids is 2. The van der Waals surface area contributed by atoms with E-state index in [4.69, 9.17) is 11.6 Å². The summed E-state index contributed by atoms with van der Waals surface area (Å²) in [6.45, 7) is 0. The summed E-state index contributed by atoms with van der Waals surface area (Å²) >= 11 is 9.27. The van der Waals surface area contributed by atoms with Crippen LogP contribution in [-0.2, 0) is 0 Å². The van der Waals surface area contributed by atoms with E-state index in [1.165, 1.54) is 10.9 Å². The number of nitrogens with one attached hydrogen (secondary N) is 2. The molecule has 0 aliphatic carbocycles. The average molecular weight is 496 g/mol. The van der Waals surface area contributed by atoms with Crippen LogP contribution in [0.25, 0.3) is 5.69 Å². The molecule has 0 atom stereocenters. The second kappa shape index (κ2) is 9.16. The molecule has 154 valence electrons. The van der Waals surface area contributed by atoms with Crippen LogP contribution in [0.5, 0.6) is 0 Å². The van der Waals surface area contributed by atoms with E-state index in [-0.39, 0.29) is 17.3 Å². The maximum absolute atomic E-state index is 13.0. The van der Waals surface area contributed by atoms with Crippen molar-refractivity contribution in [1.29, 1.82) is 0 Å². The van der Waals surface area contributed by atoms with Gasteiger partial charge in [-0.25, -0.2) is 4.68 Å². The third-order valence-electron chi connectivity index (χ3n) is 4.46. The summed E-state index contributed by atoms with van der Waals surface area (Å²) in [6, 6.07) is 22.9. The molecule has 8 heteroatoms. The molecule has 0 aliphatic rings. The molecule has 0 spiro atoms. The Labute approximate surface area is 192 Å². The Balaban J connectivity index is 1.68. The van der Waals surface area contributed by atoms with Crippen LogP contribution in [0.2, 0.25) is 5.02 Å². The zero-order chi connectivity index (χ0) is 21.8. The smallest absolute Gasteiger partial charge is 0.261 e. The summed E-state index contributed by atoms with van der Waals surface area (Å²) < 4.78 is 2.38. The molecule has 0 saturated carbocycles. The summed E-state index contributed by atoms with van der Waals surface area (Å²) in [5.74, 6) is -0.494. The molecular weight excluding hydrogens is 480 g/mol. The van der Waals surface area contributed by atoms with Crippen molar-refractivity contribution >= 4 is 50.9 Å². The third-order valence-corrected chi connectivity index (χ3v) is 5.24. The van der Waals surface area contributed by atoms with Crippen molar-refractivity contribution in [2.45, 2.75) is 0 Å². The quantitative estimate of drug-likeness (QED) is 0.368. The first-order chi connectivity index (χ1) is 15.0. The van der Waals surface area contributed by atoms with Gasteiger partial charge in [0.05, 0.1) is 11.9 Å². The largest absolute Gasteiger partial charge is 0.322 e. The van der Waals surface area contributed by atoms with Gasteiger partial charge in [0, 0.05) is 20.7 Å². The first kappa shape index (κ1) is 20.8. The maximum atomic E-state index is 13.0. The number of para-hydroxylation sites is 1. The Morgan fingerprint density at radius 2 is 1.52 bits per heavy atom. The van der Waals surface area contributed by atoms with Crippen molar-refractivity contribution in [3.63, 3.8) is 0 Å². The zero-order valence-corrected chi connectivity index (χ0v) is 18.4. The van der Waals surface area contributed by atoms with Crippen molar-refractivity contribution in [1.82, 2.24) is 9.78 Å². The lowest BCUT2D eigenvalue weighted by Gasteiger charge is -2.12. The van der Waals surface area contributed by atoms with E-state index in [9.17, 15) is 9.59 Å². The molecule has 2 N–H and O–H groups in total. The predicted molar refractivity (Wildman–Crippen MR) is 125 cm³/mol. The van der Waals surface area contributed by atoms with E-state index in [0.717, 1.165) is 4.47 Å². The van der Waals surface area contributed by atoms with Gasteiger partial charge in [-0.2, -0.15) is 5.10 Å². The molecule has 2 amide bonds. The number of nitrogens with zero attached hydrogens (tertiary/aromatic N) is 2. The van der Waals surface area contributed by atoms with E-state index in [2.05, 4.69) is 31.7 Å². The van der Waals surface area contributed by atoms with Gasteiger partial charge in [0.25, 0.3) is 11.8 Å². The van der Waals surface area contributed by atoms with Crippen LogP contribution >= 0.6 is 27.5 Å². The molecule has 3 aromatic carbocycles. The van der Waals surface area contributed by atoms with Crippen LogP contribution in [0.4, 0.5) is 11.5 Å². The van der Waals surface area contributed by atoms with Gasteiger partial charge in [-0.1, -0.05) is 45.7 Å². The highest BCUT2D eigenvalue weighted by Crippen LogP contribution is 2.23. The van der Waals surface area contributed by atoms with Crippen LogP contribution < -0.4 is 10.6 Å². The first-order valence-corrected chi connectivity index (χ1v) is 10.5. The summed E-state index contributed by atoms with van der Waals surface area (Å²) in [6.07, 6.45) is 1.43. The second-order valence-corrected chi connectivity index (χ2v) is 7.93. The maximum Gasteiger partial charge on any atom is 0.261 e. The van der Waals surface area contributed by atoms with E-state index in [1.54, 1.807) is 48.5 Å². The molecule has 0 unspecified atom stereocenters. The number of anilines is 2. The van der Waals surface area contributed by atoms with Crippen molar-refractivity contribution in [3.8, 4) is 5.69 Å². The predicted octanol–water partition coefficient (Wildman–Crippen LogP) is 5.79. The van der Waals surface area contributed by atoms with E-state index >= 15 is 0 Å². The van der Waals surface area contributed by atoms with Crippen LogP contribution in [0.1, 0.15) is 20.7 Å². The molecule has 1 heterocycles. The van der Waals surface area contributed by atoms with E-state index in [1.807, 2.05) is 30.3 Å². The van der Waals surface area contributed by atoms with Gasteiger partial charge < -0.3 is 10.6 Å². The third kappa shape index (κ3) is 4.84. The normalized spacial score (nSPS) is 10.5. The fourth-order valence-corrected chi connectivity index (χ4v) is 3.30. The zero-order valence-electron chi connectivity index (χ0n) is 16.0. The highest BCUT2D eigenvalue weighted by molar-refractivity contribution is 9.10. The van der Waals surface area contributed by atoms with Crippen LogP contribution in [0, 0.1) is 0 Å². The summed E-state index contributed by atoms with van der Waals surface area (Å²) in [5.41, 5.74) is 1.96. The Hall–Kier alpha value is -3.42. The summed E-state index contributed by atoms with van der Waals surface area (Å²) in [5, 5.41) is 10.5. The van der Waals surface area contributed by atoms with Gasteiger partial charge in [0.15, 0.2) is 0 Å². The van der Waals surface area contributed by atoms with Crippen molar-refractivity contribution < 1.29 is 9.59 Å². The standard InChI is InChI=1S/C23H16BrClN4O2/c24-16-8-6-15(7-9-16)22(30)28-21-20(14-26-29(21)19-4-2-1-3-5-19)23(31)27-18-12-10-17(25)11-13-18/h1-14H,(H,27,31)(H,28,30). The molecule has 0 saturated heterocycles. The molecular formula is C23H16BrClN4O2. The van der Waals surface area contributed by atoms with Crippen molar-refractivity contribution in [2.24, 2.45) is 0 Å². The second-order valence-electron chi connectivity index (χ2n) is 6.58. The Morgan fingerprint density at radius 3 is 2.19 bits per heavy atom. The monoisotopic (exact) mass is 494 g/mol. The molecule has 0 radical (unpaired) electrons. The SMILES string of the molecule is O=C(Nc1c(C(=O)Nc2ccc(Cl)cc2)cnn1-c1ccccc1)c1ccc(Br)cc1. The number of benzene rings is 3. The number of carbonyl (C=O) groups is 2. The Kier molecular flexibility index (Phi) is 6.16. The molecule has 4 aromatic rings. The van der Waals surface area contributed by atoms with Crippen LogP contribution in [0.15, 0.2) is 89.5 Å². The number of halogens is 2. The topological polar surface area (TPSA) is 76.0 Å². The lowest BCUT2D eigenvalue weighted by atomic mass is 10.2. The van der Waals surface area contributed by atoms with Crippen molar-refractivity contribution in [3.05, 3.63) is 106 Å². The summed E-state index contributed by atoms with van der Waals surface area (Å²) in [7, 11) is 0. The van der Waals surface area contributed by atoms with E-state index in [0.29, 0.717) is 22.0 Å². The molecule has 6 nitrogen and oxygen atoms in total. The minimum Gasteiger partial charge on any atom is -0.322 e. The fraction of sp³-hybridized carbons (Fsp3) is 0. The van der Waals surface area contributed by atoms with Gasteiger partial charge in [0.2, 0.25) is 0 Å². The minimum absolute atomic E-state index is 0.226. The first-order valence-electron chi connectivity index (χ1n) is 9.28. The Bertz CT molecular complexity index is 1220. The van der Waals surface area contributed by atoms with Crippen molar-refractivity contribution in [2.75, 3.05) is 10.6 Å². The number of aromatic nitrogens is 2. The highest BCUT2D eigenvalue weighted by atomic mass is 79.9. The van der Waals surface area contributed by atoms with Gasteiger partial charge in [-0.15, -0.1) is 0 Å². The number of rotatable bonds is 5. The van der Waals surface area contributed by atoms with Crippen LogP contribution in [-0.4, -0.2) is 21.6 Å². The molecule has 4 rings (SSSR count). The Morgan fingerprint density at radius 1 is 0.839 bits per heavy atom. The average Bonchev–Trinajstić information content (AvgIpc) is 3.20. The fourth-order valence-electron chi connectivity index (χ4n) is 2.91. The minimum atomic E-state index is -0.407. The van der Waals surface area contributed by atoms with E-state index < -0.39 is 5.91 Å². The molecule has 31 heavy (non-hydrogen) atoms. The van der Waals surface area contributed by atoms with Crippen LogP contribution in [0.3, 0.4) is 0 Å². The summed E-state index contributed by atoms with van der Waals surface area (Å²) in [4.78, 5) is 25.8. The molecule has 0 bridgehead atoms. The van der Waals surface area contributed by atoms with Gasteiger partial charge in [0.1, 0.15) is 11.4 Å².